The Hall–Kier alpha value is -3.87. The van der Waals surface area contributed by atoms with E-state index in [9.17, 15) is 14.4 Å². The van der Waals surface area contributed by atoms with Crippen LogP contribution in [0.25, 0.3) is 17.0 Å². The molecular formula is C22H19N3O4. The summed E-state index contributed by atoms with van der Waals surface area (Å²) >= 11 is 0. The van der Waals surface area contributed by atoms with Gasteiger partial charge in [0.05, 0.1) is 0 Å². The average Bonchev–Trinajstić information content (AvgIpc) is 3.14. The predicted octanol–water partition coefficient (Wildman–Crippen LogP) is 2.98. The smallest absolute Gasteiger partial charge is 0.329 e. The number of carbonyl (C=O) groups excluding carboxylic acids is 2. The number of carbonyl (C=O) groups is 3. The van der Waals surface area contributed by atoms with E-state index in [0.717, 1.165) is 22.0 Å². The van der Waals surface area contributed by atoms with Gasteiger partial charge in [-0.2, -0.15) is 0 Å². The summed E-state index contributed by atoms with van der Waals surface area (Å²) in [6.07, 6.45) is 3.52. The number of hydrogen-bond donors (Lipinski definition) is 2. The fraction of sp³-hybridized carbons (Fsp3) is 0.136. The summed E-state index contributed by atoms with van der Waals surface area (Å²) < 4.78 is 2.09. The van der Waals surface area contributed by atoms with Gasteiger partial charge in [-0.25, -0.2) is 9.69 Å². The number of aromatic nitrogens is 1. The molecule has 1 aliphatic rings. The molecule has 146 valence electrons. The number of rotatable bonds is 5. The molecule has 0 bridgehead atoms. The fourth-order valence-electron chi connectivity index (χ4n) is 3.53. The lowest BCUT2D eigenvalue weighted by atomic mass is 10.1. The number of benzene rings is 2. The standard InChI is InChI=1S/C22H19N3O4/c1-14-5-4-6-15(9-14)11-24-12-16(17-7-2-3-8-19(17)24)10-18-21(28)25(13-20(26)27)22(29)23-18/h2-10,12H,11,13H2,1H3,(H,23,29)(H,26,27)/b18-10+. The van der Waals surface area contributed by atoms with Gasteiger partial charge in [0.15, 0.2) is 0 Å². The number of urea groups is 1. The van der Waals surface area contributed by atoms with E-state index in [4.69, 9.17) is 5.11 Å². The highest BCUT2D eigenvalue weighted by atomic mass is 16.4. The minimum atomic E-state index is -1.25. The zero-order chi connectivity index (χ0) is 20.5. The molecule has 29 heavy (non-hydrogen) atoms. The maximum atomic E-state index is 12.4. The Kier molecular flexibility index (Phi) is 4.64. The van der Waals surface area contributed by atoms with E-state index in [2.05, 4.69) is 22.0 Å². The number of fused-ring (bicyclic) bond motifs is 1. The number of aryl methyl sites for hydroxylation is 1. The normalized spacial score (nSPS) is 15.3. The fourth-order valence-corrected chi connectivity index (χ4v) is 3.53. The summed E-state index contributed by atoms with van der Waals surface area (Å²) in [5.74, 6) is -1.89. The van der Waals surface area contributed by atoms with Crippen molar-refractivity contribution in [2.45, 2.75) is 13.5 Å². The van der Waals surface area contributed by atoms with Crippen molar-refractivity contribution in [2.24, 2.45) is 0 Å². The van der Waals surface area contributed by atoms with Gasteiger partial charge in [-0.15, -0.1) is 0 Å². The lowest BCUT2D eigenvalue weighted by Gasteiger charge is -2.06. The van der Waals surface area contributed by atoms with Crippen molar-refractivity contribution in [2.75, 3.05) is 6.54 Å². The summed E-state index contributed by atoms with van der Waals surface area (Å²) in [4.78, 5) is 35.9. The summed E-state index contributed by atoms with van der Waals surface area (Å²) in [5, 5.41) is 12.3. The Morgan fingerprint density at radius 3 is 2.69 bits per heavy atom. The van der Waals surface area contributed by atoms with Gasteiger partial charge in [0.2, 0.25) is 0 Å². The van der Waals surface area contributed by atoms with E-state index in [-0.39, 0.29) is 5.70 Å². The van der Waals surface area contributed by atoms with Gasteiger partial charge in [-0.1, -0.05) is 48.0 Å². The third-order valence-corrected chi connectivity index (χ3v) is 4.81. The first-order chi connectivity index (χ1) is 13.9. The zero-order valence-electron chi connectivity index (χ0n) is 15.8. The van der Waals surface area contributed by atoms with Crippen molar-refractivity contribution >= 4 is 34.9 Å². The molecule has 1 fully saturated rings. The molecule has 0 aliphatic carbocycles. The van der Waals surface area contributed by atoms with Crippen LogP contribution < -0.4 is 5.32 Å². The maximum absolute atomic E-state index is 12.4. The lowest BCUT2D eigenvalue weighted by Crippen LogP contribution is -2.35. The SMILES string of the molecule is Cc1cccc(Cn2cc(/C=C3/NC(=O)N(CC(=O)O)C3=O)c3ccccc32)c1. The van der Waals surface area contributed by atoms with E-state index in [1.165, 1.54) is 5.56 Å². The van der Waals surface area contributed by atoms with Crippen LogP contribution in [0.15, 0.2) is 60.4 Å². The first kappa shape index (κ1) is 18.5. The van der Waals surface area contributed by atoms with Crippen LogP contribution in [-0.2, 0) is 16.1 Å². The first-order valence-electron chi connectivity index (χ1n) is 9.12. The highest BCUT2D eigenvalue weighted by molar-refractivity contribution is 6.15. The number of para-hydroxylation sites is 1. The largest absolute Gasteiger partial charge is 0.480 e. The van der Waals surface area contributed by atoms with Crippen LogP contribution in [0.2, 0.25) is 0 Å². The molecule has 0 spiro atoms. The number of imide groups is 1. The van der Waals surface area contributed by atoms with E-state index in [0.29, 0.717) is 11.4 Å². The molecule has 1 saturated heterocycles. The van der Waals surface area contributed by atoms with Gasteiger partial charge in [0.25, 0.3) is 5.91 Å². The number of nitrogens with one attached hydrogen (secondary N) is 1. The van der Waals surface area contributed by atoms with Crippen LogP contribution in [-0.4, -0.2) is 39.0 Å². The molecule has 1 aliphatic heterocycles. The zero-order valence-corrected chi connectivity index (χ0v) is 15.8. The minimum Gasteiger partial charge on any atom is -0.480 e. The predicted molar refractivity (Wildman–Crippen MR) is 108 cm³/mol. The molecule has 4 rings (SSSR count). The third-order valence-electron chi connectivity index (χ3n) is 4.81. The van der Waals surface area contributed by atoms with Gasteiger partial charge in [-0.3, -0.25) is 9.59 Å². The van der Waals surface area contributed by atoms with E-state index < -0.39 is 24.5 Å². The molecule has 0 atom stereocenters. The van der Waals surface area contributed by atoms with Crippen molar-refractivity contribution in [3.63, 3.8) is 0 Å². The van der Waals surface area contributed by atoms with Crippen LogP contribution in [0.1, 0.15) is 16.7 Å². The van der Waals surface area contributed by atoms with Crippen LogP contribution in [0.4, 0.5) is 4.79 Å². The van der Waals surface area contributed by atoms with E-state index in [1.54, 1.807) is 6.08 Å². The Bertz CT molecular complexity index is 1180. The van der Waals surface area contributed by atoms with Gasteiger partial charge in [0.1, 0.15) is 12.2 Å². The summed E-state index contributed by atoms with van der Waals surface area (Å²) in [7, 11) is 0. The number of carboxylic acids is 1. The minimum absolute atomic E-state index is 0.0645. The van der Waals surface area contributed by atoms with Crippen molar-refractivity contribution in [1.29, 1.82) is 0 Å². The van der Waals surface area contributed by atoms with Crippen LogP contribution in [0.3, 0.4) is 0 Å². The maximum Gasteiger partial charge on any atom is 0.329 e. The molecule has 3 aromatic rings. The van der Waals surface area contributed by atoms with Crippen molar-refractivity contribution in [3.8, 4) is 0 Å². The summed E-state index contributed by atoms with van der Waals surface area (Å²) in [5.41, 5.74) is 4.17. The Morgan fingerprint density at radius 1 is 1.14 bits per heavy atom. The van der Waals surface area contributed by atoms with E-state index in [1.807, 2.05) is 49.5 Å². The lowest BCUT2D eigenvalue weighted by molar-refractivity contribution is -0.140. The Balaban J connectivity index is 1.72. The van der Waals surface area contributed by atoms with Gasteiger partial charge >= 0.3 is 12.0 Å². The number of amides is 3. The Labute approximate surface area is 166 Å². The number of hydrogen-bond acceptors (Lipinski definition) is 3. The number of carboxylic acid groups (broad SMARTS) is 1. The second kappa shape index (κ2) is 7.27. The second-order valence-corrected chi connectivity index (χ2v) is 6.99. The molecule has 1 aromatic heterocycles. The monoisotopic (exact) mass is 389 g/mol. The molecule has 2 N–H and O–H groups in total. The molecule has 3 amide bonds. The molecule has 0 saturated carbocycles. The van der Waals surface area contributed by atoms with Gasteiger partial charge < -0.3 is 15.0 Å². The Morgan fingerprint density at radius 2 is 1.93 bits per heavy atom. The van der Waals surface area contributed by atoms with Gasteiger partial charge in [-0.05, 0) is 24.6 Å². The number of nitrogens with zero attached hydrogens (tertiary/aromatic N) is 2. The van der Waals surface area contributed by atoms with Crippen LogP contribution >= 0.6 is 0 Å². The van der Waals surface area contributed by atoms with Crippen molar-refractivity contribution < 1.29 is 19.5 Å². The topological polar surface area (TPSA) is 91.6 Å². The van der Waals surface area contributed by atoms with Crippen LogP contribution in [0, 0.1) is 6.92 Å². The summed E-state index contributed by atoms with van der Waals surface area (Å²) in [6, 6.07) is 15.3. The van der Waals surface area contributed by atoms with E-state index >= 15 is 0 Å². The third kappa shape index (κ3) is 3.62. The average molecular weight is 389 g/mol. The van der Waals surface area contributed by atoms with Crippen molar-refractivity contribution in [3.05, 3.63) is 77.1 Å². The first-order valence-corrected chi connectivity index (χ1v) is 9.12. The van der Waals surface area contributed by atoms with Gasteiger partial charge in [0, 0.05) is 29.2 Å². The van der Waals surface area contributed by atoms with Crippen LogP contribution in [0.5, 0.6) is 0 Å². The molecule has 2 aromatic carbocycles. The highest BCUT2D eigenvalue weighted by Crippen LogP contribution is 2.25. The summed E-state index contributed by atoms with van der Waals surface area (Å²) in [6.45, 7) is 2.04. The molecule has 7 heteroatoms. The molecule has 2 heterocycles. The molecule has 0 radical (unpaired) electrons. The molecular weight excluding hydrogens is 370 g/mol. The molecule has 7 nitrogen and oxygen atoms in total. The highest BCUT2D eigenvalue weighted by Gasteiger charge is 2.35. The molecule has 0 unspecified atom stereocenters. The second-order valence-electron chi connectivity index (χ2n) is 6.99. The quantitative estimate of drug-likeness (QED) is 0.518. The van der Waals surface area contributed by atoms with Crippen molar-refractivity contribution in [1.82, 2.24) is 14.8 Å². The number of aliphatic carboxylic acids is 1.